The molecule has 29 heavy (non-hydrogen) atoms. The van der Waals surface area contributed by atoms with Gasteiger partial charge in [0.2, 0.25) is 0 Å². The zero-order chi connectivity index (χ0) is 19.8. The third kappa shape index (κ3) is 6.93. The van der Waals surface area contributed by atoms with Crippen LogP contribution in [0.15, 0.2) is 53.9 Å². The average Bonchev–Trinajstić information content (AvgIpc) is 3.19. The van der Waals surface area contributed by atoms with Crippen LogP contribution in [0.2, 0.25) is 0 Å². The van der Waals surface area contributed by atoms with Crippen molar-refractivity contribution >= 4 is 41.3 Å². The van der Waals surface area contributed by atoms with Gasteiger partial charge in [0, 0.05) is 30.9 Å². The molecule has 9 heteroatoms. The van der Waals surface area contributed by atoms with Gasteiger partial charge in [-0.2, -0.15) is 0 Å². The van der Waals surface area contributed by atoms with Gasteiger partial charge in [-0.3, -0.25) is 9.98 Å². The highest BCUT2D eigenvalue weighted by Gasteiger charge is 2.08. The lowest BCUT2D eigenvalue weighted by molar-refractivity contribution is 0.440. The Morgan fingerprint density at radius 3 is 2.69 bits per heavy atom. The lowest BCUT2D eigenvalue weighted by Gasteiger charge is -2.12. The van der Waals surface area contributed by atoms with Crippen LogP contribution in [0.5, 0.6) is 11.5 Å². The minimum Gasteiger partial charge on any atom is -0.453 e. The fourth-order valence-corrected chi connectivity index (χ4v) is 3.23. The van der Waals surface area contributed by atoms with Crippen molar-refractivity contribution in [2.75, 3.05) is 7.05 Å². The molecule has 3 rings (SSSR count). The zero-order valence-corrected chi connectivity index (χ0v) is 19.3. The summed E-state index contributed by atoms with van der Waals surface area (Å²) in [5, 5.41) is 7.39. The second-order valence-corrected chi connectivity index (χ2v) is 7.11. The Bertz CT molecular complexity index is 936. The number of ether oxygens (including phenoxy) is 1. The van der Waals surface area contributed by atoms with Crippen molar-refractivity contribution in [3.8, 4) is 11.5 Å². The van der Waals surface area contributed by atoms with E-state index in [0.29, 0.717) is 24.8 Å². The van der Waals surface area contributed by atoms with Crippen LogP contribution in [0.1, 0.15) is 22.4 Å². The molecule has 2 aromatic heterocycles. The van der Waals surface area contributed by atoms with E-state index in [1.807, 2.05) is 12.3 Å². The fraction of sp³-hybridized carbons (Fsp3) is 0.250. The molecule has 0 aliphatic heterocycles. The van der Waals surface area contributed by atoms with Gasteiger partial charge in [0.1, 0.15) is 10.8 Å². The van der Waals surface area contributed by atoms with E-state index < -0.39 is 5.82 Å². The van der Waals surface area contributed by atoms with Crippen molar-refractivity contribution < 1.29 is 9.13 Å². The van der Waals surface area contributed by atoms with Crippen molar-refractivity contribution in [3.05, 3.63) is 70.2 Å². The molecule has 6 nitrogen and oxygen atoms in total. The molecule has 1 aromatic carbocycles. The molecular weight excluding hydrogens is 504 g/mol. The van der Waals surface area contributed by atoms with Crippen LogP contribution < -0.4 is 15.4 Å². The minimum atomic E-state index is -0.430. The summed E-state index contributed by atoms with van der Waals surface area (Å²) in [5.74, 6) is 0.852. The number of aromatic nitrogens is 2. The first-order valence-corrected chi connectivity index (χ1v) is 9.74. The summed E-state index contributed by atoms with van der Waals surface area (Å²) in [4.78, 5) is 13.8. The number of nitrogens with one attached hydrogen (secondary N) is 2. The van der Waals surface area contributed by atoms with E-state index in [9.17, 15) is 4.39 Å². The van der Waals surface area contributed by atoms with Crippen molar-refractivity contribution in [1.82, 2.24) is 20.6 Å². The molecular formula is C20H23FIN5OS. The first kappa shape index (κ1) is 23.0. The van der Waals surface area contributed by atoms with E-state index in [4.69, 9.17) is 4.74 Å². The number of aryl methyl sites for hydroxylation is 1. The summed E-state index contributed by atoms with van der Waals surface area (Å²) < 4.78 is 19.8. The van der Waals surface area contributed by atoms with Crippen LogP contribution in [0.25, 0.3) is 0 Å². The third-order valence-electron chi connectivity index (χ3n) is 3.90. The number of halogens is 2. The second kappa shape index (κ2) is 11.7. The Hall–Kier alpha value is -2.27. The molecule has 0 radical (unpaired) electrons. The van der Waals surface area contributed by atoms with Crippen LogP contribution >= 0.6 is 35.3 Å². The first-order valence-electron chi connectivity index (χ1n) is 8.92. The molecule has 0 spiro atoms. The predicted octanol–water partition coefficient (Wildman–Crippen LogP) is 4.52. The number of hydrogen-bond acceptors (Lipinski definition) is 5. The Morgan fingerprint density at radius 2 is 2.03 bits per heavy atom. The third-order valence-corrected chi connectivity index (χ3v) is 5.04. The predicted molar refractivity (Wildman–Crippen MR) is 125 cm³/mol. The largest absolute Gasteiger partial charge is 0.453 e. The van der Waals surface area contributed by atoms with Gasteiger partial charge < -0.3 is 15.4 Å². The number of pyridine rings is 1. The number of aliphatic imine (C=N–C) groups is 1. The highest BCUT2D eigenvalue weighted by molar-refractivity contribution is 14.0. The number of rotatable bonds is 7. The van der Waals surface area contributed by atoms with E-state index >= 15 is 0 Å². The SMILES string of the molecule is CCc1cnc(CNC(=NC)NCc2ccc(Oc3cccnc3)c(F)c2)s1.I. The van der Waals surface area contributed by atoms with E-state index in [1.54, 1.807) is 42.8 Å². The number of hydrogen-bond donors (Lipinski definition) is 2. The molecule has 0 saturated heterocycles. The highest BCUT2D eigenvalue weighted by Crippen LogP contribution is 2.24. The maximum absolute atomic E-state index is 14.3. The Balaban J connectivity index is 0.00000300. The molecule has 0 fully saturated rings. The maximum atomic E-state index is 14.3. The van der Waals surface area contributed by atoms with Gasteiger partial charge in [-0.25, -0.2) is 9.37 Å². The van der Waals surface area contributed by atoms with E-state index in [-0.39, 0.29) is 29.7 Å². The highest BCUT2D eigenvalue weighted by atomic mass is 127. The normalized spacial score (nSPS) is 10.9. The molecule has 0 aliphatic rings. The van der Waals surface area contributed by atoms with Crippen molar-refractivity contribution in [2.24, 2.45) is 4.99 Å². The number of nitrogens with zero attached hydrogens (tertiary/aromatic N) is 3. The monoisotopic (exact) mass is 527 g/mol. The van der Waals surface area contributed by atoms with Crippen molar-refractivity contribution in [1.29, 1.82) is 0 Å². The molecule has 0 saturated carbocycles. The van der Waals surface area contributed by atoms with Crippen molar-refractivity contribution in [3.63, 3.8) is 0 Å². The molecule has 2 N–H and O–H groups in total. The summed E-state index contributed by atoms with van der Waals surface area (Å²) in [7, 11) is 1.69. The molecule has 0 unspecified atom stereocenters. The topological polar surface area (TPSA) is 71.4 Å². The molecule has 154 valence electrons. The Kier molecular flexibility index (Phi) is 9.26. The summed E-state index contributed by atoms with van der Waals surface area (Å²) in [6.07, 6.45) is 6.05. The standard InChI is InChI=1S/C20H22FN5OS.HI/c1-3-16-12-24-19(28-16)13-26-20(22-2)25-10-14-6-7-18(17(21)9-14)27-15-5-4-8-23-11-15;/h4-9,11-12H,3,10,13H2,1-2H3,(H2,22,25,26);1H. The Morgan fingerprint density at radius 1 is 1.21 bits per heavy atom. The summed E-state index contributed by atoms with van der Waals surface area (Å²) in [6.45, 7) is 3.13. The van der Waals surface area contributed by atoms with Gasteiger partial charge in [-0.05, 0) is 36.2 Å². The van der Waals surface area contributed by atoms with Crippen LogP contribution in [0.4, 0.5) is 4.39 Å². The van der Waals surface area contributed by atoms with E-state index in [1.165, 1.54) is 17.1 Å². The lowest BCUT2D eigenvalue weighted by Crippen LogP contribution is -2.36. The van der Waals surface area contributed by atoms with Gasteiger partial charge >= 0.3 is 0 Å². The lowest BCUT2D eigenvalue weighted by atomic mass is 10.2. The minimum absolute atomic E-state index is 0. The molecule has 0 amide bonds. The van der Waals surface area contributed by atoms with Gasteiger partial charge in [-0.1, -0.05) is 13.0 Å². The van der Waals surface area contributed by atoms with Gasteiger partial charge in [0.05, 0.1) is 12.7 Å². The number of thiazole rings is 1. The van der Waals surface area contributed by atoms with E-state index in [2.05, 4.69) is 32.5 Å². The van der Waals surface area contributed by atoms with Crippen LogP contribution in [-0.2, 0) is 19.5 Å². The van der Waals surface area contributed by atoms with Crippen LogP contribution in [0, 0.1) is 5.82 Å². The van der Waals surface area contributed by atoms with Crippen LogP contribution in [-0.4, -0.2) is 23.0 Å². The quantitative estimate of drug-likeness (QED) is 0.269. The van der Waals surface area contributed by atoms with Gasteiger partial charge in [0.25, 0.3) is 0 Å². The van der Waals surface area contributed by atoms with Gasteiger partial charge in [-0.15, -0.1) is 35.3 Å². The first-order chi connectivity index (χ1) is 13.7. The smallest absolute Gasteiger partial charge is 0.191 e. The number of guanidine groups is 1. The molecule has 0 atom stereocenters. The van der Waals surface area contributed by atoms with Crippen molar-refractivity contribution in [2.45, 2.75) is 26.4 Å². The molecule has 0 aliphatic carbocycles. The zero-order valence-electron chi connectivity index (χ0n) is 16.2. The summed E-state index contributed by atoms with van der Waals surface area (Å²) in [6, 6.07) is 8.32. The van der Waals surface area contributed by atoms with E-state index in [0.717, 1.165) is 17.0 Å². The average molecular weight is 527 g/mol. The number of benzene rings is 1. The van der Waals surface area contributed by atoms with Crippen LogP contribution in [0.3, 0.4) is 0 Å². The van der Waals surface area contributed by atoms with Gasteiger partial charge in [0.15, 0.2) is 17.5 Å². The molecule has 3 aromatic rings. The summed E-state index contributed by atoms with van der Waals surface area (Å²) >= 11 is 1.68. The second-order valence-electron chi connectivity index (χ2n) is 5.91. The Labute approximate surface area is 190 Å². The molecule has 0 bridgehead atoms. The molecule has 2 heterocycles. The summed E-state index contributed by atoms with van der Waals surface area (Å²) in [5.41, 5.74) is 0.779. The maximum Gasteiger partial charge on any atom is 0.191 e. The fourth-order valence-electron chi connectivity index (χ4n) is 2.43.